The topological polar surface area (TPSA) is 60.2 Å². The van der Waals surface area contributed by atoms with Gasteiger partial charge in [0.1, 0.15) is 5.75 Å². The Morgan fingerprint density at radius 3 is 3.05 bits per heavy atom. The largest absolute Gasteiger partial charge is 0.496 e. The molecule has 1 atom stereocenters. The molecule has 2 aromatic rings. The van der Waals surface area contributed by atoms with Gasteiger partial charge in [0.15, 0.2) is 5.82 Å². The summed E-state index contributed by atoms with van der Waals surface area (Å²) >= 11 is 3.45. The highest BCUT2D eigenvalue weighted by molar-refractivity contribution is 9.10. The van der Waals surface area contributed by atoms with E-state index in [1.54, 1.807) is 7.11 Å². The molecule has 1 aliphatic rings. The summed E-state index contributed by atoms with van der Waals surface area (Å²) in [4.78, 5) is 4.46. The van der Waals surface area contributed by atoms with Crippen LogP contribution in [0.1, 0.15) is 24.7 Å². The van der Waals surface area contributed by atoms with Gasteiger partial charge in [0.2, 0.25) is 0 Å². The number of methoxy groups -OCH3 is 1. The van der Waals surface area contributed by atoms with E-state index < -0.39 is 0 Å². The molecule has 6 heteroatoms. The SMILES string of the molecule is COc1ccc(-c2nc(C3CCCN3)no2)cc1Br. The summed E-state index contributed by atoms with van der Waals surface area (Å²) in [5, 5.41) is 7.40. The summed E-state index contributed by atoms with van der Waals surface area (Å²) < 4.78 is 11.4. The van der Waals surface area contributed by atoms with Crippen LogP contribution in [0.4, 0.5) is 0 Å². The van der Waals surface area contributed by atoms with E-state index in [1.807, 2.05) is 18.2 Å². The molecule has 1 unspecified atom stereocenters. The van der Waals surface area contributed by atoms with Gasteiger partial charge in [-0.25, -0.2) is 0 Å². The molecule has 1 fully saturated rings. The Morgan fingerprint density at radius 2 is 2.37 bits per heavy atom. The lowest BCUT2D eigenvalue weighted by molar-refractivity contribution is 0.409. The number of nitrogens with one attached hydrogen (secondary N) is 1. The first-order chi connectivity index (χ1) is 9.28. The molecule has 5 nitrogen and oxygen atoms in total. The van der Waals surface area contributed by atoms with Crippen LogP contribution in [0.25, 0.3) is 11.5 Å². The highest BCUT2D eigenvalue weighted by atomic mass is 79.9. The zero-order chi connectivity index (χ0) is 13.2. The van der Waals surface area contributed by atoms with E-state index in [9.17, 15) is 0 Å². The van der Waals surface area contributed by atoms with Crippen LogP contribution in [0.5, 0.6) is 5.75 Å². The maximum atomic E-state index is 5.33. The van der Waals surface area contributed by atoms with Crippen LogP contribution < -0.4 is 10.1 Å². The number of hydrogen-bond donors (Lipinski definition) is 1. The molecule has 1 aliphatic heterocycles. The van der Waals surface area contributed by atoms with E-state index in [1.165, 1.54) is 0 Å². The van der Waals surface area contributed by atoms with Gasteiger partial charge in [0, 0.05) is 5.56 Å². The minimum atomic E-state index is 0.221. The Hall–Kier alpha value is -1.40. The quantitative estimate of drug-likeness (QED) is 0.941. The Labute approximate surface area is 119 Å². The van der Waals surface area contributed by atoms with Gasteiger partial charge in [-0.15, -0.1) is 0 Å². The Morgan fingerprint density at radius 1 is 1.47 bits per heavy atom. The lowest BCUT2D eigenvalue weighted by Gasteiger charge is -2.03. The van der Waals surface area contributed by atoms with Crippen molar-refractivity contribution in [2.45, 2.75) is 18.9 Å². The molecule has 0 radical (unpaired) electrons. The van der Waals surface area contributed by atoms with Crippen LogP contribution in [-0.2, 0) is 0 Å². The van der Waals surface area contributed by atoms with E-state index in [-0.39, 0.29) is 6.04 Å². The van der Waals surface area contributed by atoms with E-state index in [4.69, 9.17) is 9.26 Å². The van der Waals surface area contributed by atoms with Crippen LogP contribution in [0.2, 0.25) is 0 Å². The van der Waals surface area contributed by atoms with Crippen molar-refractivity contribution in [1.29, 1.82) is 0 Å². The third-order valence-corrected chi connectivity index (χ3v) is 3.83. The molecule has 0 aliphatic carbocycles. The van der Waals surface area contributed by atoms with Crippen molar-refractivity contribution in [3.8, 4) is 17.2 Å². The Balaban J connectivity index is 1.87. The summed E-state index contributed by atoms with van der Waals surface area (Å²) in [6.07, 6.45) is 2.22. The number of rotatable bonds is 3. The van der Waals surface area contributed by atoms with Crippen LogP contribution in [-0.4, -0.2) is 23.8 Å². The van der Waals surface area contributed by atoms with E-state index in [0.29, 0.717) is 5.89 Å². The predicted octanol–water partition coefficient (Wildman–Crippen LogP) is 2.93. The molecular weight excluding hydrogens is 310 g/mol. The van der Waals surface area contributed by atoms with Crippen molar-refractivity contribution in [3.63, 3.8) is 0 Å². The average molecular weight is 324 g/mol. The highest BCUT2D eigenvalue weighted by Gasteiger charge is 2.22. The van der Waals surface area contributed by atoms with Crippen molar-refractivity contribution in [1.82, 2.24) is 15.5 Å². The van der Waals surface area contributed by atoms with Crippen LogP contribution >= 0.6 is 15.9 Å². The zero-order valence-corrected chi connectivity index (χ0v) is 12.1. The van der Waals surface area contributed by atoms with Gasteiger partial charge in [-0.05, 0) is 53.5 Å². The maximum absolute atomic E-state index is 5.33. The van der Waals surface area contributed by atoms with Gasteiger partial charge in [0.05, 0.1) is 17.6 Å². The lowest BCUT2D eigenvalue weighted by atomic mass is 10.2. The van der Waals surface area contributed by atoms with Crippen molar-refractivity contribution >= 4 is 15.9 Å². The molecule has 2 heterocycles. The summed E-state index contributed by atoms with van der Waals surface area (Å²) in [5.74, 6) is 2.05. The van der Waals surface area contributed by atoms with Crippen molar-refractivity contribution in [2.75, 3.05) is 13.7 Å². The fourth-order valence-electron chi connectivity index (χ4n) is 2.20. The summed E-state index contributed by atoms with van der Waals surface area (Å²) in [7, 11) is 1.64. The first-order valence-electron chi connectivity index (χ1n) is 6.19. The molecule has 19 heavy (non-hydrogen) atoms. The van der Waals surface area contributed by atoms with Gasteiger partial charge in [-0.3, -0.25) is 0 Å². The number of hydrogen-bond acceptors (Lipinski definition) is 5. The molecular formula is C13H14BrN3O2. The summed E-state index contributed by atoms with van der Waals surface area (Å²) in [5.41, 5.74) is 0.879. The normalized spacial score (nSPS) is 18.7. The molecule has 0 spiro atoms. The second-order valence-corrected chi connectivity index (χ2v) is 5.31. The van der Waals surface area contributed by atoms with Gasteiger partial charge in [0.25, 0.3) is 5.89 Å². The smallest absolute Gasteiger partial charge is 0.258 e. The summed E-state index contributed by atoms with van der Waals surface area (Å²) in [6, 6.07) is 5.91. The number of ether oxygens (including phenoxy) is 1. The molecule has 100 valence electrons. The maximum Gasteiger partial charge on any atom is 0.258 e. The van der Waals surface area contributed by atoms with E-state index in [0.717, 1.165) is 41.0 Å². The van der Waals surface area contributed by atoms with Crippen molar-refractivity contribution < 1.29 is 9.26 Å². The molecule has 1 aromatic carbocycles. The Bertz CT molecular complexity index is 579. The van der Waals surface area contributed by atoms with Gasteiger partial charge in [-0.2, -0.15) is 4.98 Å². The predicted molar refractivity (Wildman–Crippen MR) is 74.0 cm³/mol. The molecule has 1 aromatic heterocycles. The van der Waals surface area contributed by atoms with Crippen LogP contribution in [0, 0.1) is 0 Å². The minimum absolute atomic E-state index is 0.221. The monoisotopic (exact) mass is 323 g/mol. The molecule has 1 saturated heterocycles. The fourth-order valence-corrected chi connectivity index (χ4v) is 2.74. The second kappa shape index (κ2) is 5.30. The first kappa shape index (κ1) is 12.6. The van der Waals surface area contributed by atoms with Gasteiger partial charge >= 0.3 is 0 Å². The average Bonchev–Trinajstić information content (AvgIpc) is 3.09. The third-order valence-electron chi connectivity index (χ3n) is 3.21. The molecule has 0 bridgehead atoms. The molecule has 0 amide bonds. The van der Waals surface area contributed by atoms with Gasteiger partial charge < -0.3 is 14.6 Å². The fraction of sp³-hybridized carbons (Fsp3) is 0.385. The standard InChI is InChI=1S/C13H14BrN3O2/c1-18-11-5-4-8(7-9(11)14)13-16-12(17-19-13)10-3-2-6-15-10/h4-5,7,10,15H,2-3,6H2,1H3. The van der Waals surface area contributed by atoms with Gasteiger partial charge in [-0.1, -0.05) is 5.16 Å². The summed E-state index contributed by atoms with van der Waals surface area (Å²) in [6.45, 7) is 1.02. The number of nitrogens with zero attached hydrogens (tertiary/aromatic N) is 2. The van der Waals surface area contributed by atoms with Crippen molar-refractivity contribution in [3.05, 3.63) is 28.5 Å². The van der Waals surface area contributed by atoms with Crippen LogP contribution in [0.3, 0.4) is 0 Å². The second-order valence-electron chi connectivity index (χ2n) is 4.46. The first-order valence-corrected chi connectivity index (χ1v) is 6.98. The third kappa shape index (κ3) is 2.50. The highest BCUT2D eigenvalue weighted by Crippen LogP contribution is 2.30. The van der Waals surface area contributed by atoms with E-state index >= 15 is 0 Å². The van der Waals surface area contributed by atoms with Crippen LogP contribution in [0.15, 0.2) is 27.2 Å². The minimum Gasteiger partial charge on any atom is -0.496 e. The Kier molecular flexibility index (Phi) is 3.52. The number of halogens is 1. The molecule has 0 saturated carbocycles. The van der Waals surface area contributed by atoms with Crippen molar-refractivity contribution in [2.24, 2.45) is 0 Å². The molecule has 1 N–H and O–H groups in total. The zero-order valence-electron chi connectivity index (χ0n) is 10.5. The number of benzene rings is 1. The van der Waals surface area contributed by atoms with E-state index in [2.05, 4.69) is 31.4 Å². The number of aromatic nitrogens is 2. The molecule has 3 rings (SSSR count). The lowest BCUT2D eigenvalue weighted by Crippen LogP contribution is -2.14.